The number of aromatic nitrogens is 2. The first-order valence-corrected chi connectivity index (χ1v) is 6.12. The molecule has 0 amide bonds. The monoisotopic (exact) mass is 277 g/mol. The van der Waals surface area contributed by atoms with Gasteiger partial charge in [-0.25, -0.2) is 9.97 Å². The van der Waals surface area contributed by atoms with Gasteiger partial charge in [0.05, 0.1) is 11.0 Å². The number of rotatable bonds is 4. The summed E-state index contributed by atoms with van der Waals surface area (Å²) in [4.78, 5) is 18.0. The van der Waals surface area contributed by atoms with E-state index >= 15 is 0 Å². The fourth-order valence-corrected chi connectivity index (χ4v) is 2.36. The second kappa shape index (κ2) is 5.61. The summed E-state index contributed by atoms with van der Waals surface area (Å²) in [7, 11) is 0. The van der Waals surface area contributed by atoms with E-state index in [9.17, 15) is 15.2 Å². The molecule has 0 aromatic carbocycles. The Hall–Kier alpha value is -0.920. The molecule has 0 aliphatic rings. The van der Waals surface area contributed by atoms with E-state index in [1.54, 1.807) is 13.8 Å². The number of aliphatic hydroxyl groups is 1. The van der Waals surface area contributed by atoms with Crippen molar-refractivity contribution in [3.63, 3.8) is 0 Å². The standard InChI is InChI=1S/C9H12ClN3O3S/c1-4-7(13(15)16)8(12-9(10)11-4)17-6(3)5(2)14/h5-6,14H,1-3H3. The lowest BCUT2D eigenvalue weighted by Crippen LogP contribution is -2.16. The summed E-state index contributed by atoms with van der Waals surface area (Å²) in [5.74, 6) is 0. The maximum absolute atomic E-state index is 10.9. The largest absolute Gasteiger partial charge is 0.392 e. The molecule has 94 valence electrons. The van der Waals surface area contributed by atoms with Crippen molar-refractivity contribution < 1.29 is 10.0 Å². The van der Waals surface area contributed by atoms with Crippen LogP contribution in [-0.2, 0) is 0 Å². The summed E-state index contributed by atoms with van der Waals surface area (Å²) < 4.78 is 0. The van der Waals surface area contributed by atoms with Crippen LogP contribution in [0.2, 0.25) is 5.28 Å². The molecule has 0 spiro atoms. The van der Waals surface area contributed by atoms with Gasteiger partial charge in [-0.15, -0.1) is 0 Å². The second-order valence-corrected chi connectivity index (χ2v) is 5.26. The van der Waals surface area contributed by atoms with Gasteiger partial charge < -0.3 is 5.11 Å². The first-order valence-electron chi connectivity index (χ1n) is 4.86. The van der Waals surface area contributed by atoms with E-state index in [1.807, 2.05) is 0 Å². The molecule has 0 saturated carbocycles. The van der Waals surface area contributed by atoms with Crippen LogP contribution in [0.4, 0.5) is 5.69 Å². The van der Waals surface area contributed by atoms with Crippen molar-refractivity contribution in [2.24, 2.45) is 0 Å². The van der Waals surface area contributed by atoms with Gasteiger partial charge in [-0.05, 0) is 25.4 Å². The Bertz CT molecular complexity index is 442. The zero-order chi connectivity index (χ0) is 13.2. The Kier molecular flexibility index (Phi) is 4.67. The fraction of sp³-hybridized carbons (Fsp3) is 0.556. The molecule has 1 aromatic rings. The molecule has 2 atom stereocenters. The molecule has 17 heavy (non-hydrogen) atoms. The van der Waals surface area contributed by atoms with Crippen LogP contribution < -0.4 is 0 Å². The molecule has 6 nitrogen and oxygen atoms in total. The minimum absolute atomic E-state index is 0.0339. The number of hydrogen-bond acceptors (Lipinski definition) is 6. The van der Waals surface area contributed by atoms with E-state index in [1.165, 1.54) is 6.92 Å². The molecule has 0 saturated heterocycles. The number of hydrogen-bond donors (Lipinski definition) is 1. The maximum atomic E-state index is 10.9. The van der Waals surface area contributed by atoms with Crippen LogP contribution in [0.15, 0.2) is 5.03 Å². The predicted octanol–water partition coefficient (Wildman–Crippen LogP) is 2.21. The van der Waals surface area contributed by atoms with Crippen LogP contribution in [0.1, 0.15) is 19.5 Å². The van der Waals surface area contributed by atoms with Crippen molar-refractivity contribution in [2.75, 3.05) is 0 Å². The third-order valence-corrected chi connectivity index (χ3v) is 3.60. The Labute approximate surface area is 108 Å². The Morgan fingerprint density at radius 3 is 2.53 bits per heavy atom. The van der Waals surface area contributed by atoms with Crippen LogP contribution in [0.25, 0.3) is 0 Å². The van der Waals surface area contributed by atoms with Gasteiger partial charge in [0.25, 0.3) is 0 Å². The summed E-state index contributed by atoms with van der Waals surface area (Å²) in [6, 6.07) is 0. The first-order chi connectivity index (χ1) is 7.82. The molecule has 1 rings (SSSR count). The van der Waals surface area contributed by atoms with Gasteiger partial charge in [0.15, 0.2) is 5.03 Å². The van der Waals surface area contributed by atoms with E-state index in [4.69, 9.17) is 11.6 Å². The molecule has 8 heteroatoms. The lowest BCUT2D eigenvalue weighted by Gasteiger charge is -2.13. The highest BCUT2D eigenvalue weighted by Crippen LogP contribution is 2.33. The molecule has 0 bridgehead atoms. The molecule has 1 heterocycles. The summed E-state index contributed by atoms with van der Waals surface area (Å²) >= 11 is 6.78. The van der Waals surface area contributed by atoms with Crippen molar-refractivity contribution in [1.29, 1.82) is 0 Å². The zero-order valence-electron chi connectivity index (χ0n) is 9.55. The third-order valence-electron chi connectivity index (χ3n) is 2.16. The molecular formula is C9H12ClN3O3S. The van der Waals surface area contributed by atoms with E-state index in [0.717, 1.165) is 11.8 Å². The smallest absolute Gasteiger partial charge is 0.322 e. The molecular weight excluding hydrogens is 266 g/mol. The average Bonchev–Trinajstić information content (AvgIpc) is 2.14. The maximum Gasteiger partial charge on any atom is 0.322 e. The summed E-state index contributed by atoms with van der Waals surface area (Å²) in [5, 5.41) is 20.2. The van der Waals surface area contributed by atoms with E-state index in [-0.39, 0.29) is 26.9 Å². The second-order valence-electron chi connectivity index (χ2n) is 3.55. The fourth-order valence-electron chi connectivity index (χ4n) is 1.07. The van der Waals surface area contributed by atoms with Crippen LogP contribution in [0.5, 0.6) is 0 Å². The van der Waals surface area contributed by atoms with E-state index in [0.29, 0.717) is 0 Å². The van der Waals surface area contributed by atoms with Crippen LogP contribution >= 0.6 is 23.4 Å². The van der Waals surface area contributed by atoms with Gasteiger partial charge in [-0.1, -0.05) is 18.7 Å². The topological polar surface area (TPSA) is 89.2 Å². The quantitative estimate of drug-likeness (QED) is 0.298. The molecule has 0 radical (unpaired) electrons. The summed E-state index contributed by atoms with van der Waals surface area (Å²) in [5.41, 5.74) is 0.0576. The molecule has 0 fully saturated rings. The Balaban J connectivity index is 3.17. The summed E-state index contributed by atoms with van der Waals surface area (Å²) in [6.07, 6.45) is -0.603. The van der Waals surface area contributed by atoms with Crippen LogP contribution in [-0.4, -0.2) is 31.4 Å². The average molecular weight is 278 g/mol. The van der Waals surface area contributed by atoms with Crippen LogP contribution in [0.3, 0.4) is 0 Å². The molecule has 1 aromatic heterocycles. The van der Waals surface area contributed by atoms with E-state index < -0.39 is 11.0 Å². The van der Waals surface area contributed by atoms with Gasteiger partial charge >= 0.3 is 5.69 Å². The van der Waals surface area contributed by atoms with Gasteiger partial charge in [-0.3, -0.25) is 10.1 Å². The molecule has 1 N–H and O–H groups in total. The number of nitro groups is 1. The zero-order valence-corrected chi connectivity index (χ0v) is 11.1. The van der Waals surface area contributed by atoms with Gasteiger partial charge in [0.2, 0.25) is 5.28 Å². The minimum atomic E-state index is -0.603. The summed E-state index contributed by atoms with van der Waals surface area (Å²) in [6.45, 7) is 4.87. The van der Waals surface area contributed by atoms with Crippen LogP contribution in [0, 0.1) is 17.0 Å². The lowest BCUT2D eigenvalue weighted by molar-refractivity contribution is -0.389. The number of aliphatic hydroxyl groups excluding tert-OH is 1. The van der Waals surface area contributed by atoms with Crippen molar-refractivity contribution >= 4 is 29.1 Å². The normalized spacial score (nSPS) is 14.4. The van der Waals surface area contributed by atoms with Crippen molar-refractivity contribution in [3.05, 3.63) is 21.1 Å². The van der Waals surface area contributed by atoms with Crippen molar-refractivity contribution in [2.45, 2.75) is 37.2 Å². The number of aryl methyl sites for hydroxylation is 1. The number of thioether (sulfide) groups is 1. The van der Waals surface area contributed by atoms with Gasteiger partial charge in [-0.2, -0.15) is 0 Å². The Morgan fingerprint density at radius 1 is 1.47 bits per heavy atom. The molecule has 0 aliphatic carbocycles. The SMILES string of the molecule is Cc1nc(Cl)nc(SC(C)C(C)O)c1[N+](=O)[O-]. The molecule has 2 unspecified atom stereocenters. The Morgan fingerprint density at radius 2 is 2.06 bits per heavy atom. The third kappa shape index (κ3) is 3.52. The lowest BCUT2D eigenvalue weighted by atomic mass is 10.3. The van der Waals surface area contributed by atoms with Gasteiger partial charge in [0, 0.05) is 5.25 Å². The first kappa shape index (κ1) is 14.1. The highest BCUT2D eigenvalue weighted by atomic mass is 35.5. The molecule has 0 aliphatic heterocycles. The van der Waals surface area contributed by atoms with Crippen molar-refractivity contribution in [1.82, 2.24) is 9.97 Å². The van der Waals surface area contributed by atoms with E-state index in [2.05, 4.69) is 9.97 Å². The number of nitrogens with zero attached hydrogens (tertiary/aromatic N) is 3. The highest BCUT2D eigenvalue weighted by Gasteiger charge is 2.24. The highest BCUT2D eigenvalue weighted by molar-refractivity contribution is 8.00. The van der Waals surface area contributed by atoms with Crippen molar-refractivity contribution in [3.8, 4) is 0 Å². The number of halogens is 1. The van der Waals surface area contributed by atoms with Gasteiger partial charge in [0.1, 0.15) is 5.69 Å². The predicted molar refractivity (Wildman–Crippen MR) is 65.4 cm³/mol. The minimum Gasteiger partial charge on any atom is -0.392 e.